The van der Waals surface area contributed by atoms with Crippen LogP contribution in [-0.2, 0) is 4.79 Å². The summed E-state index contributed by atoms with van der Waals surface area (Å²) in [5.74, 6) is 0.265. The molecule has 2 N–H and O–H groups in total. The van der Waals surface area contributed by atoms with Crippen LogP contribution in [0.1, 0.15) is 19.8 Å². The average Bonchev–Trinajstić information content (AvgIpc) is 2.33. The zero-order valence-corrected chi connectivity index (χ0v) is 8.26. The number of piperidine rings is 1. The number of hydrogen-bond acceptors (Lipinski definition) is 3. The van der Waals surface area contributed by atoms with Crippen LogP contribution in [-0.4, -0.2) is 42.6 Å². The highest BCUT2D eigenvalue weighted by molar-refractivity contribution is 5.88. The Labute approximate surface area is 78.7 Å². The number of carbonyl (C=O) groups is 1. The van der Waals surface area contributed by atoms with E-state index in [1.807, 2.05) is 18.9 Å². The van der Waals surface area contributed by atoms with Gasteiger partial charge in [0.25, 0.3) is 0 Å². The predicted molar refractivity (Wildman–Crippen MR) is 50.2 cm³/mol. The van der Waals surface area contributed by atoms with Gasteiger partial charge in [-0.15, -0.1) is 0 Å². The summed E-state index contributed by atoms with van der Waals surface area (Å²) in [5.41, 5.74) is -0.251. The van der Waals surface area contributed by atoms with Gasteiger partial charge in [-0.3, -0.25) is 10.1 Å². The van der Waals surface area contributed by atoms with E-state index >= 15 is 0 Å². The summed E-state index contributed by atoms with van der Waals surface area (Å²) in [7, 11) is 1.87. The Kier molecular flexibility index (Phi) is 2.04. The van der Waals surface area contributed by atoms with Crippen molar-refractivity contribution >= 4 is 5.91 Å². The van der Waals surface area contributed by atoms with Gasteiger partial charge in [-0.2, -0.15) is 0 Å². The normalized spacial score (nSPS) is 32.9. The van der Waals surface area contributed by atoms with E-state index in [2.05, 4.69) is 10.6 Å². The highest BCUT2D eigenvalue weighted by atomic mass is 16.2. The molecule has 2 rings (SSSR count). The van der Waals surface area contributed by atoms with Crippen molar-refractivity contribution in [2.45, 2.75) is 31.5 Å². The second kappa shape index (κ2) is 2.96. The van der Waals surface area contributed by atoms with Crippen LogP contribution in [0, 0.1) is 0 Å². The Morgan fingerprint density at radius 3 is 2.54 bits per heavy atom. The molecule has 2 heterocycles. The number of likely N-dealkylation sites (N-methyl/N-ethyl adjacent to an activating group) is 1. The van der Waals surface area contributed by atoms with E-state index in [1.54, 1.807) is 0 Å². The molecule has 0 bridgehead atoms. The lowest BCUT2D eigenvalue weighted by molar-refractivity contribution is -0.132. The summed E-state index contributed by atoms with van der Waals surface area (Å²) >= 11 is 0. The molecule has 2 aliphatic rings. The van der Waals surface area contributed by atoms with Gasteiger partial charge in [-0.05, 0) is 32.9 Å². The minimum atomic E-state index is -0.251. The Morgan fingerprint density at radius 2 is 2.08 bits per heavy atom. The predicted octanol–water partition coefficient (Wildman–Crippen LogP) is -0.484. The first kappa shape index (κ1) is 8.97. The number of nitrogens with zero attached hydrogens (tertiary/aromatic N) is 1. The van der Waals surface area contributed by atoms with Crippen molar-refractivity contribution in [2.75, 3.05) is 20.1 Å². The summed E-state index contributed by atoms with van der Waals surface area (Å²) in [6.45, 7) is 3.92. The fourth-order valence-corrected chi connectivity index (χ4v) is 2.28. The molecule has 0 aromatic rings. The van der Waals surface area contributed by atoms with Gasteiger partial charge >= 0.3 is 0 Å². The Balaban J connectivity index is 2.18. The van der Waals surface area contributed by atoms with Crippen molar-refractivity contribution < 1.29 is 4.79 Å². The molecule has 2 aliphatic heterocycles. The molecule has 2 saturated heterocycles. The third-order valence-corrected chi connectivity index (χ3v) is 3.25. The maximum absolute atomic E-state index is 11.9. The molecule has 0 aromatic carbocycles. The molecule has 13 heavy (non-hydrogen) atoms. The summed E-state index contributed by atoms with van der Waals surface area (Å²) < 4.78 is 0. The highest BCUT2D eigenvalue weighted by Gasteiger charge is 2.48. The van der Waals surface area contributed by atoms with Gasteiger partial charge in [-0.1, -0.05) is 0 Å². The molecular weight excluding hydrogens is 166 g/mol. The Hall–Kier alpha value is -0.610. The Bertz CT molecular complexity index is 223. The number of nitrogens with one attached hydrogen (secondary N) is 2. The molecule has 74 valence electrons. The van der Waals surface area contributed by atoms with Gasteiger partial charge in [0.15, 0.2) is 0 Å². The minimum Gasteiger partial charge on any atom is -0.329 e. The molecule has 1 amide bonds. The molecule has 0 radical (unpaired) electrons. The standard InChI is InChI=1S/C9H17N3O/c1-7-11-9(8(13)12(7)2)3-5-10-6-4-9/h7,10-11H,3-6H2,1-2H3. The lowest BCUT2D eigenvalue weighted by Crippen LogP contribution is -2.54. The topological polar surface area (TPSA) is 44.4 Å². The maximum Gasteiger partial charge on any atom is 0.244 e. The van der Waals surface area contributed by atoms with Crippen LogP contribution in [0.4, 0.5) is 0 Å². The lowest BCUT2D eigenvalue weighted by Gasteiger charge is -2.31. The van der Waals surface area contributed by atoms with E-state index in [-0.39, 0.29) is 17.6 Å². The van der Waals surface area contributed by atoms with Crippen LogP contribution in [0.2, 0.25) is 0 Å². The first-order valence-corrected chi connectivity index (χ1v) is 4.91. The number of carbonyl (C=O) groups excluding carboxylic acids is 1. The second-order valence-electron chi connectivity index (χ2n) is 4.07. The molecule has 0 aromatic heterocycles. The summed E-state index contributed by atoms with van der Waals surface area (Å²) in [6.07, 6.45) is 2.02. The quantitative estimate of drug-likeness (QED) is 0.533. The van der Waals surface area contributed by atoms with Crippen molar-refractivity contribution in [2.24, 2.45) is 0 Å². The molecule has 0 saturated carbocycles. The third-order valence-electron chi connectivity index (χ3n) is 3.25. The highest BCUT2D eigenvalue weighted by Crippen LogP contribution is 2.27. The van der Waals surface area contributed by atoms with E-state index in [4.69, 9.17) is 0 Å². The first-order chi connectivity index (χ1) is 6.16. The fraction of sp³-hybridized carbons (Fsp3) is 0.889. The second-order valence-corrected chi connectivity index (χ2v) is 4.07. The zero-order valence-electron chi connectivity index (χ0n) is 8.26. The first-order valence-electron chi connectivity index (χ1n) is 4.91. The average molecular weight is 183 g/mol. The molecule has 1 unspecified atom stereocenters. The summed E-state index contributed by atoms with van der Waals surface area (Å²) in [5, 5.41) is 6.68. The van der Waals surface area contributed by atoms with Crippen LogP contribution in [0.3, 0.4) is 0 Å². The smallest absolute Gasteiger partial charge is 0.244 e. The molecule has 2 fully saturated rings. The lowest BCUT2D eigenvalue weighted by atomic mass is 9.88. The number of amides is 1. The van der Waals surface area contributed by atoms with Crippen molar-refractivity contribution in [1.82, 2.24) is 15.5 Å². The van der Waals surface area contributed by atoms with Gasteiger partial charge in [0, 0.05) is 7.05 Å². The van der Waals surface area contributed by atoms with Crippen LogP contribution in [0.5, 0.6) is 0 Å². The monoisotopic (exact) mass is 183 g/mol. The Morgan fingerprint density at radius 1 is 1.46 bits per heavy atom. The fourth-order valence-electron chi connectivity index (χ4n) is 2.28. The molecule has 1 spiro atoms. The summed E-state index contributed by atoms with van der Waals surface area (Å²) in [4.78, 5) is 13.7. The van der Waals surface area contributed by atoms with E-state index in [1.165, 1.54) is 0 Å². The molecule has 0 aliphatic carbocycles. The van der Waals surface area contributed by atoms with Crippen molar-refractivity contribution in [1.29, 1.82) is 0 Å². The SMILES string of the molecule is CC1NC2(CCNCC2)C(=O)N1C. The maximum atomic E-state index is 11.9. The van der Waals surface area contributed by atoms with Gasteiger partial charge in [0.05, 0.1) is 6.17 Å². The van der Waals surface area contributed by atoms with Gasteiger partial charge < -0.3 is 10.2 Å². The van der Waals surface area contributed by atoms with Gasteiger partial charge in [0.1, 0.15) is 5.54 Å². The zero-order chi connectivity index (χ0) is 9.47. The van der Waals surface area contributed by atoms with Gasteiger partial charge in [-0.25, -0.2) is 0 Å². The van der Waals surface area contributed by atoms with Gasteiger partial charge in [0.2, 0.25) is 5.91 Å². The van der Waals surface area contributed by atoms with Crippen LogP contribution in [0.15, 0.2) is 0 Å². The van der Waals surface area contributed by atoms with Crippen molar-refractivity contribution in [3.8, 4) is 0 Å². The van der Waals surface area contributed by atoms with Crippen molar-refractivity contribution in [3.63, 3.8) is 0 Å². The largest absolute Gasteiger partial charge is 0.329 e. The molecular formula is C9H17N3O. The van der Waals surface area contributed by atoms with Crippen LogP contribution >= 0.6 is 0 Å². The molecule has 4 nitrogen and oxygen atoms in total. The third kappa shape index (κ3) is 1.25. The number of hydrogen-bond donors (Lipinski definition) is 2. The van der Waals surface area contributed by atoms with Crippen molar-refractivity contribution in [3.05, 3.63) is 0 Å². The van der Waals surface area contributed by atoms with Crippen LogP contribution < -0.4 is 10.6 Å². The van der Waals surface area contributed by atoms with E-state index < -0.39 is 0 Å². The van der Waals surface area contributed by atoms with E-state index in [9.17, 15) is 4.79 Å². The van der Waals surface area contributed by atoms with E-state index in [0.29, 0.717) is 0 Å². The minimum absolute atomic E-state index is 0.186. The number of rotatable bonds is 0. The summed E-state index contributed by atoms with van der Waals surface area (Å²) in [6, 6.07) is 0. The van der Waals surface area contributed by atoms with E-state index in [0.717, 1.165) is 25.9 Å². The van der Waals surface area contributed by atoms with Crippen LogP contribution in [0.25, 0.3) is 0 Å². The molecule has 1 atom stereocenters. The molecule has 4 heteroatoms.